The smallest absolute Gasteiger partial charge is 0.255 e. The molecule has 0 aliphatic carbocycles. The summed E-state index contributed by atoms with van der Waals surface area (Å²) in [5, 5.41) is 9.74. The fraction of sp³-hybridized carbons (Fsp3) is 0.273. The Hall–Kier alpha value is -3.06. The third kappa shape index (κ3) is 4.19. The summed E-state index contributed by atoms with van der Waals surface area (Å²) in [5.74, 6) is 1.09. The van der Waals surface area contributed by atoms with Gasteiger partial charge in [-0.15, -0.1) is 0 Å². The lowest BCUT2D eigenvalue weighted by atomic mass is 9.93. The van der Waals surface area contributed by atoms with Crippen molar-refractivity contribution in [3.63, 3.8) is 0 Å². The van der Waals surface area contributed by atoms with Gasteiger partial charge in [-0.05, 0) is 68.4 Å². The van der Waals surface area contributed by atoms with Gasteiger partial charge in [0, 0.05) is 16.9 Å². The highest BCUT2D eigenvalue weighted by Crippen LogP contribution is 2.36. The van der Waals surface area contributed by atoms with E-state index in [2.05, 4.69) is 16.0 Å². The number of nitrogens with one attached hydrogen (secondary N) is 3. The molecule has 1 aliphatic heterocycles. The molecule has 7 heteroatoms. The number of carbonyl (C=O) groups is 1. The number of hydrogen-bond donors (Lipinski definition) is 3. The number of benzene rings is 2. The predicted octanol–water partition coefficient (Wildman–Crippen LogP) is 3.75. The van der Waals surface area contributed by atoms with Gasteiger partial charge in [0.2, 0.25) is 0 Å². The number of amides is 1. The number of ether oxygens (including phenoxy) is 2. The van der Waals surface area contributed by atoms with E-state index in [0.29, 0.717) is 27.9 Å². The van der Waals surface area contributed by atoms with Crippen molar-refractivity contribution in [1.82, 2.24) is 10.6 Å². The van der Waals surface area contributed by atoms with Crippen LogP contribution in [0.5, 0.6) is 11.5 Å². The van der Waals surface area contributed by atoms with Gasteiger partial charge < -0.3 is 25.4 Å². The average Bonchev–Trinajstić information content (AvgIpc) is 2.70. The molecule has 0 bridgehead atoms. The Labute approximate surface area is 176 Å². The Morgan fingerprint density at radius 2 is 1.86 bits per heavy atom. The van der Waals surface area contributed by atoms with Crippen LogP contribution in [0.1, 0.15) is 29.7 Å². The van der Waals surface area contributed by atoms with E-state index in [-0.39, 0.29) is 5.91 Å². The zero-order valence-electron chi connectivity index (χ0n) is 17.2. The molecule has 1 amide bonds. The molecule has 6 nitrogen and oxygen atoms in total. The van der Waals surface area contributed by atoms with E-state index in [0.717, 1.165) is 22.4 Å². The summed E-state index contributed by atoms with van der Waals surface area (Å²) < 4.78 is 10.9. The fourth-order valence-electron chi connectivity index (χ4n) is 3.37. The third-order valence-corrected chi connectivity index (χ3v) is 5.33. The van der Waals surface area contributed by atoms with Gasteiger partial charge in [0.25, 0.3) is 5.91 Å². The largest absolute Gasteiger partial charge is 0.497 e. The van der Waals surface area contributed by atoms with Crippen LogP contribution in [0.4, 0.5) is 5.69 Å². The summed E-state index contributed by atoms with van der Waals surface area (Å²) in [7, 11) is 3.19. The molecular weight excluding hydrogens is 386 g/mol. The van der Waals surface area contributed by atoms with E-state index < -0.39 is 6.04 Å². The lowest BCUT2D eigenvalue weighted by molar-refractivity contribution is -0.113. The Bertz CT molecular complexity index is 1000. The van der Waals surface area contributed by atoms with Crippen molar-refractivity contribution < 1.29 is 14.3 Å². The molecule has 2 aromatic rings. The van der Waals surface area contributed by atoms with Gasteiger partial charge in [-0.2, -0.15) is 0 Å². The highest BCUT2D eigenvalue weighted by atomic mass is 32.1. The van der Waals surface area contributed by atoms with E-state index in [4.69, 9.17) is 21.7 Å². The van der Waals surface area contributed by atoms with Gasteiger partial charge in [-0.1, -0.05) is 12.1 Å². The monoisotopic (exact) mass is 411 g/mol. The zero-order valence-corrected chi connectivity index (χ0v) is 18.0. The van der Waals surface area contributed by atoms with Crippen LogP contribution in [0.2, 0.25) is 0 Å². The summed E-state index contributed by atoms with van der Waals surface area (Å²) in [6, 6.07) is 10.8. The van der Waals surface area contributed by atoms with Gasteiger partial charge in [-0.25, -0.2) is 0 Å². The van der Waals surface area contributed by atoms with Gasteiger partial charge in [0.1, 0.15) is 11.5 Å². The van der Waals surface area contributed by atoms with E-state index in [1.165, 1.54) is 0 Å². The van der Waals surface area contributed by atoms with Gasteiger partial charge in [-0.3, -0.25) is 4.79 Å². The minimum Gasteiger partial charge on any atom is -0.497 e. The van der Waals surface area contributed by atoms with Crippen LogP contribution in [0.25, 0.3) is 0 Å². The molecule has 1 aliphatic rings. The molecule has 2 aromatic carbocycles. The second kappa shape index (κ2) is 8.53. The molecule has 0 spiro atoms. The first-order valence-corrected chi connectivity index (χ1v) is 9.64. The molecule has 0 saturated carbocycles. The summed E-state index contributed by atoms with van der Waals surface area (Å²) in [5.41, 5.74) is 4.90. The number of aryl methyl sites for hydroxylation is 1. The molecule has 3 N–H and O–H groups in total. The van der Waals surface area contributed by atoms with Crippen LogP contribution in [-0.2, 0) is 4.79 Å². The molecule has 0 fully saturated rings. The Kier molecular flexibility index (Phi) is 6.08. The fourth-order valence-corrected chi connectivity index (χ4v) is 3.64. The van der Waals surface area contributed by atoms with Crippen molar-refractivity contribution in [3.05, 3.63) is 64.4 Å². The van der Waals surface area contributed by atoms with Crippen LogP contribution in [0, 0.1) is 13.8 Å². The van der Waals surface area contributed by atoms with Crippen molar-refractivity contribution in [2.24, 2.45) is 0 Å². The first kappa shape index (κ1) is 20.7. The molecule has 0 saturated heterocycles. The topological polar surface area (TPSA) is 71.6 Å². The molecule has 29 heavy (non-hydrogen) atoms. The van der Waals surface area contributed by atoms with Gasteiger partial charge >= 0.3 is 0 Å². The van der Waals surface area contributed by atoms with E-state index >= 15 is 0 Å². The summed E-state index contributed by atoms with van der Waals surface area (Å²) in [4.78, 5) is 13.3. The zero-order chi connectivity index (χ0) is 21.1. The second-order valence-corrected chi connectivity index (χ2v) is 7.29. The quantitative estimate of drug-likeness (QED) is 0.651. The molecule has 1 atom stereocenters. The molecule has 1 heterocycles. The molecule has 0 aromatic heterocycles. The average molecular weight is 412 g/mol. The Balaban J connectivity index is 2.05. The third-order valence-electron chi connectivity index (χ3n) is 5.11. The van der Waals surface area contributed by atoms with Crippen molar-refractivity contribution in [2.75, 3.05) is 19.5 Å². The van der Waals surface area contributed by atoms with Gasteiger partial charge in [0.15, 0.2) is 5.11 Å². The summed E-state index contributed by atoms with van der Waals surface area (Å²) in [6.45, 7) is 5.84. The summed E-state index contributed by atoms with van der Waals surface area (Å²) in [6.07, 6.45) is 0. The lowest BCUT2D eigenvalue weighted by Crippen LogP contribution is -2.45. The van der Waals surface area contributed by atoms with Crippen molar-refractivity contribution in [2.45, 2.75) is 26.8 Å². The normalized spacial score (nSPS) is 16.0. The molecule has 0 radical (unpaired) electrons. The van der Waals surface area contributed by atoms with E-state index in [1.54, 1.807) is 14.2 Å². The number of thiocarbonyl (C=S) groups is 1. The number of methoxy groups -OCH3 is 2. The highest BCUT2D eigenvalue weighted by Gasteiger charge is 2.32. The van der Waals surface area contributed by atoms with E-state index in [9.17, 15) is 4.79 Å². The van der Waals surface area contributed by atoms with Crippen LogP contribution in [-0.4, -0.2) is 25.2 Å². The molecule has 3 rings (SSSR count). The van der Waals surface area contributed by atoms with Crippen molar-refractivity contribution >= 4 is 28.9 Å². The predicted molar refractivity (Wildman–Crippen MR) is 118 cm³/mol. The SMILES string of the molecule is COc1ccc(OC)c([C@@H]2NC(=S)NC(C)=C2C(=O)Nc2cccc(C)c2C)c1. The molecular formula is C22H25N3O3S. The Morgan fingerprint density at radius 3 is 2.55 bits per heavy atom. The van der Waals surface area contributed by atoms with Crippen LogP contribution >= 0.6 is 12.2 Å². The first-order chi connectivity index (χ1) is 13.8. The minimum atomic E-state index is -0.487. The maximum absolute atomic E-state index is 13.3. The minimum absolute atomic E-state index is 0.214. The van der Waals surface area contributed by atoms with Crippen LogP contribution < -0.4 is 25.4 Å². The van der Waals surface area contributed by atoms with Gasteiger partial charge in [0.05, 0.1) is 25.8 Å². The summed E-state index contributed by atoms with van der Waals surface area (Å²) >= 11 is 5.35. The maximum Gasteiger partial charge on any atom is 0.255 e. The lowest BCUT2D eigenvalue weighted by Gasteiger charge is -2.31. The van der Waals surface area contributed by atoms with Crippen molar-refractivity contribution in [1.29, 1.82) is 0 Å². The Morgan fingerprint density at radius 1 is 1.10 bits per heavy atom. The standard InChI is InChI=1S/C22H25N3O3S/c1-12-7-6-8-17(13(12)2)24-21(26)19-14(3)23-22(29)25-20(19)16-11-15(27-4)9-10-18(16)28-5/h6-11,20H,1-5H3,(H,24,26)(H2,23,25,29)/t20-/m0/s1. The number of allylic oxidation sites excluding steroid dienone is 1. The van der Waals surface area contributed by atoms with E-state index in [1.807, 2.05) is 57.2 Å². The second-order valence-electron chi connectivity index (χ2n) is 6.88. The number of hydrogen-bond acceptors (Lipinski definition) is 4. The number of carbonyl (C=O) groups excluding carboxylic acids is 1. The first-order valence-electron chi connectivity index (χ1n) is 9.23. The molecule has 152 valence electrons. The van der Waals surface area contributed by atoms with Crippen LogP contribution in [0.15, 0.2) is 47.7 Å². The maximum atomic E-state index is 13.3. The van der Waals surface area contributed by atoms with Crippen molar-refractivity contribution in [3.8, 4) is 11.5 Å². The highest BCUT2D eigenvalue weighted by molar-refractivity contribution is 7.80. The molecule has 0 unspecified atom stereocenters. The number of anilines is 1. The number of rotatable bonds is 5. The van der Waals surface area contributed by atoms with Crippen LogP contribution in [0.3, 0.4) is 0 Å².